The van der Waals surface area contributed by atoms with E-state index in [1.54, 1.807) is 0 Å². The van der Waals surface area contributed by atoms with Crippen molar-refractivity contribution in [3.8, 4) is 0 Å². The molecule has 1 fully saturated rings. The van der Waals surface area contributed by atoms with Crippen LogP contribution in [0.3, 0.4) is 0 Å². The Kier molecular flexibility index (Phi) is 2.99. The molecule has 0 aliphatic carbocycles. The largest absolute Gasteiger partial charge is 0.367 e. The molecule has 0 radical (unpaired) electrons. The van der Waals surface area contributed by atoms with Gasteiger partial charge in [0, 0.05) is 12.2 Å². The van der Waals surface area contributed by atoms with Crippen LogP contribution in [0.1, 0.15) is 13.3 Å². The predicted molar refractivity (Wildman–Crippen MR) is 58.3 cm³/mol. The van der Waals surface area contributed by atoms with E-state index < -0.39 is 0 Å². The Labute approximate surface area is 84.9 Å². The van der Waals surface area contributed by atoms with Gasteiger partial charge in [-0.05, 0) is 37.6 Å². The average Bonchev–Trinajstić information content (AvgIpc) is 2.23. The van der Waals surface area contributed by atoms with Crippen molar-refractivity contribution in [1.82, 2.24) is 10.3 Å². The van der Waals surface area contributed by atoms with Gasteiger partial charge in [0.2, 0.25) is 0 Å². The van der Waals surface area contributed by atoms with Gasteiger partial charge in [-0.15, -0.1) is 0 Å². The molecule has 1 aromatic rings. The SMILES string of the molecule is CC1CNCCC1Nc1ccccn1. The molecule has 1 aliphatic rings. The molecule has 0 amide bonds. The summed E-state index contributed by atoms with van der Waals surface area (Å²) in [6.45, 7) is 4.48. The van der Waals surface area contributed by atoms with Crippen LogP contribution >= 0.6 is 0 Å². The third kappa shape index (κ3) is 2.23. The van der Waals surface area contributed by atoms with Gasteiger partial charge in [0.25, 0.3) is 0 Å². The Morgan fingerprint density at radius 2 is 2.43 bits per heavy atom. The molecule has 2 unspecified atom stereocenters. The number of pyridine rings is 1. The van der Waals surface area contributed by atoms with E-state index in [2.05, 4.69) is 22.5 Å². The molecule has 0 aromatic carbocycles. The number of nitrogens with zero attached hydrogens (tertiary/aromatic N) is 1. The Bertz CT molecular complexity index is 273. The molecular weight excluding hydrogens is 174 g/mol. The van der Waals surface area contributed by atoms with E-state index in [9.17, 15) is 0 Å². The fourth-order valence-electron chi connectivity index (χ4n) is 1.87. The highest BCUT2D eigenvalue weighted by Crippen LogP contribution is 2.15. The van der Waals surface area contributed by atoms with Crippen molar-refractivity contribution in [2.45, 2.75) is 19.4 Å². The summed E-state index contributed by atoms with van der Waals surface area (Å²) >= 11 is 0. The van der Waals surface area contributed by atoms with E-state index >= 15 is 0 Å². The smallest absolute Gasteiger partial charge is 0.126 e. The van der Waals surface area contributed by atoms with Gasteiger partial charge in [-0.2, -0.15) is 0 Å². The summed E-state index contributed by atoms with van der Waals surface area (Å²) in [6, 6.07) is 6.54. The Balaban J connectivity index is 1.96. The number of rotatable bonds is 2. The summed E-state index contributed by atoms with van der Waals surface area (Å²) in [6.07, 6.45) is 3.01. The molecule has 76 valence electrons. The predicted octanol–water partition coefficient (Wildman–Crippen LogP) is 1.49. The van der Waals surface area contributed by atoms with Crippen LogP contribution in [0.5, 0.6) is 0 Å². The van der Waals surface area contributed by atoms with Gasteiger partial charge in [0.15, 0.2) is 0 Å². The fraction of sp³-hybridized carbons (Fsp3) is 0.545. The minimum Gasteiger partial charge on any atom is -0.367 e. The van der Waals surface area contributed by atoms with Crippen molar-refractivity contribution < 1.29 is 0 Å². The maximum Gasteiger partial charge on any atom is 0.126 e. The Morgan fingerprint density at radius 3 is 3.14 bits per heavy atom. The highest BCUT2D eigenvalue weighted by Gasteiger charge is 2.20. The Morgan fingerprint density at radius 1 is 1.50 bits per heavy atom. The van der Waals surface area contributed by atoms with Crippen molar-refractivity contribution in [2.75, 3.05) is 18.4 Å². The van der Waals surface area contributed by atoms with E-state index in [1.165, 1.54) is 6.42 Å². The first-order chi connectivity index (χ1) is 6.86. The zero-order chi connectivity index (χ0) is 9.80. The van der Waals surface area contributed by atoms with Gasteiger partial charge in [0.1, 0.15) is 5.82 Å². The van der Waals surface area contributed by atoms with Gasteiger partial charge in [0.05, 0.1) is 0 Å². The summed E-state index contributed by atoms with van der Waals surface area (Å²) in [5, 5.41) is 6.87. The van der Waals surface area contributed by atoms with E-state index in [1.807, 2.05) is 24.4 Å². The van der Waals surface area contributed by atoms with Crippen molar-refractivity contribution in [3.05, 3.63) is 24.4 Å². The monoisotopic (exact) mass is 191 g/mol. The molecular formula is C11H17N3. The lowest BCUT2D eigenvalue weighted by Crippen LogP contribution is -2.42. The van der Waals surface area contributed by atoms with Crippen LogP contribution in [-0.2, 0) is 0 Å². The van der Waals surface area contributed by atoms with E-state index in [0.717, 1.165) is 18.9 Å². The molecule has 1 saturated heterocycles. The third-order valence-electron chi connectivity index (χ3n) is 2.78. The second-order valence-electron chi connectivity index (χ2n) is 3.94. The second-order valence-corrected chi connectivity index (χ2v) is 3.94. The number of piperidine rings is 1. The van der Waals surface area contributed by atoms with Crippen molar-refractivity contribution in [1.29, 1.82) is 0 Å². The maximum absolute atomic E-state index is 4.28. The number of nitrogens with one attached hydrogen (secondary N) is 2. The van der Waals surface area contributed by atoms with Crippen LogP contribution in [0.2, 0.25) is 0 Å². The fourth-order valence-corrected chi connectivity index (χ4v) is 1.87. The molecule has 2 N–H and O–H groups in total. The van der Waals surface area contributed by atoms with Crippen LogP contribution in [0.4, 0.5) is 5.82 Å². The van der Waals surface area contributed by atoms with Crippen LogP contribution in [0.25, 0.3) is 0 Å². The van der Waals surface area contributed by atoms with Crippen LogP contribution in [-0.4, -0.2) is 24.1 Å². The highest BCUT2D eigenvalue weighted by atomic mass is 15.0. The molecule has 2 atom stereocenters. The topological polar surface area (TPSA) is 37.0 Å². The molecule has 0 bridgehead atoms. The number of aromatic nitrogens is 1. The lowest BCUT2D eigenvalue weighted by Gasteiger charge is -2.30. The molecule has 2 heterocycles. The van der Waals surface area contributed by atoms with Crippen molar-refractivity contribution >= 4 is 5.82 Å². The van der Waals surface area contributed by atoms with Crippen molar-refractivity contribution in [2.24, 2.45) is 5.92 Å². The molecule has 2 rings (SSSR count). The average molecular weight is 191 g/mol. The molecule has 3 heteroatoms. The van der Waals surface area contributed by atoms with Gasteiger partial charge in [-0.1, -0.05) is 13.0 Å². The zero-order valence-corrected chi connectivity index (χ0v) is 8.53. The van der Waals surface area contributed by atoms with Crippen LogP contribution in [0.15, 0.2) is 24.4 Å². The zero-order valence-electron chi connectivity index (χ0n) is 8.53. The maximum atomic E-state index is 4.28. The van der Waals surface area contributed by atoms with E-state index in [-0.39, 0.29) is 0 Å². The number of anilines is 1. The summed E-state index contributed by atoms with van der Waals surface area (Å²) in [5.74, 6) is 1.66. The lowest BCUT2D eigenvalue weighted by atomic mass is 9.95. The van der Waals surface area contributed by atoms with E-state index in [4.69, 9.17) is 0 Å². The summed E-state index contributed by atoms with van der Waals surface area (Å²) in [7, 11) is 0. The third-order valence-corrected chi connectivity index (χ3v) is 2.78. The molecule has 1 aliphatic heterocycles. The lowest BCUT2D eigenvalue weighted by molar-refractivity contribution is 0.368. The van der Waals surface area contributed by atoms with Crippen molar-refractivity contribution in [3.63, 3.8) is 0 Å². The minimum atomic E-state index is 0.561. The molecule has 1 aromatic heterocycles. The standard InChI is InChI=1S/C11H17N3/c1-9-8-12-7-5-10(9)14-11-4-2-3-6-13-11/h2-4,6,9-10,12H,5,7-8H2,1H3,(H,13,14). The number of hydrogen-bond acceptors (Lipinski definition) is 3. The van der Waals surface area contributed by atoms with Crippen LogP contribution < -0.4 is 10.6 Å². The first kappa shape index (κ1) is 9.46. The first-order valence-electron chi connectivity index (χ1n) is 5.24. The normalized spacial score (nSPS) is 27.2. The molecule has 14 heavy (non-hydrogen) atoms. The first-order valence-corrected chi connectivity index (χ1v) is 5.24. The summed E-state index contributed by atoms with van der Waals surface area (Å²) < 4.78 is 0. The quantitative estimate of drug-likeness (QED) is 0.743. The van der Waals surface area contributed by atoms with Gasteiger partial charge >= 0.3 is 0 Å². The summed E-state index contributed by atoms with van der Waals surface area (Å²) in [5.41, 5.74) is 0. The number of hydrogen-bond donors (Lipinski definition) is 2. The molecule has 3 nitrogen and oxygen atoms in total. The summed E-state index contributed by atoms with van der Waals surface area (Å²) in [4.78, 5) is 4.28. The molecule has 0 saturated carbocycles. The van der Waals surface area contributed by atoms with Crippen LogP contribution in [0, 0.1) is 5.92 Å². The molecule has 0 spiro atoms. The van der Waals surface area contributed by atoms with Gasteiger partial charge in [-0.25, -0.2) is 4.98 Å². The second kappa shape index (κ2) is 4.42. The van der Waals surface area contributed by atoms with Gasteiger partial charge < -0.3 is 10.6 Å². The minimum absolute atomic E-state index is 0.561. The van der Waals surface area contributed by atoms with Gasteiger partial charge in [-0.3, -0.25) is 0 Å². The highest BCUT2D eigenvalue weighted by molar-refractivity contribution is 5.34. The Hall–Kier alpha value is -1.09. The van der Waals surface area contributed by atoms with E-state index in [0.29, 0.717) is 12.0 Å².